The molecular weight excluding hydrogens is 147 g/mol. The molecule has 2 rings (SSSR count). The molecule has 0 aromatic rings. The lowest BCUT2D eigenvalue weighted by Crippen LogP contribution is -2.41. The maximum Gasteiger partial charge on any atom is 0.237 e. The third-order valence-electron chi connectivity index (χ3n) is 1.83. The number of hydrazone groups is 1. The van der Waals surface area contributed by atoms with E-state index in [1.54, 1.807) is 0 Å². The van der Waals surface area contributed by atoms with Gasteiger partial charge in [-0.25, -0.2) is 5.53 Å². The van der Waals surface area contributed by atoms with Crippen LogP contribution in [-0.4, -0.2) is 19.1 Å². The molecule has 60 valence electrons. The Morgan fingerprint density at radius 3 is 3.18 bits per heavy atom. The molecule has 0 fully saturated rings. The molecule has 0 aromatic heterocycles. The number of rotatable bonds is 0. The molecule has 4 nitrogen and oxygen atoms in total. The minimum atomic E-state index is -0.389. The molecular formula is C6H9FN4. The third kappa shape index (κ3) is 1.07. The zero-order chi connectivity index (χ0) is 7.68. The van der Waals surface area contributed by atoms with Gasteiger partial charge in [-0.1, -0.05) is 0 Å². The maximum absolute atomic E-state index is 12.9. The SMILES string of the molecule is FC1=NNNC2=C1CCNC2. The standard InChI is InChI=1S/C6H9FN4/c7-6-4-1-2-8-3-5(4)9-11-10-6/h8-9,11H,1-3H2. The highest BCUT2D eigenvalue weighted by molar-refractivity contribution is 5.93. The van der Waals surface area contributed by atoms with E-state index in [0.717, 1.165) is 12.2 Å². The van der Waals surface area contributed by atoms with E-state index in [0.29, 0.717) is 18.5 Å². The predicted octanol–water partition coefficient (Wildman–Crippen LogP) is -0.375. The molecule has 2 aliphatic heterocycles. The van der Waals surface area contributed by atoms with Crippen LogP contribution in [0.1, 0.15) is 6.42 Å². The molecule has 0 bridgehead atoms. The van der Waals surface area contributed by atoms with Crippen LogP contribution in [0.15, 0.2) is 16.4 Å². The Morgan fingerprint density at radius 1 is 1.45 bits per heavy atom. The molecule has 2 heterocycles. The highest BCUT2D eigenvalue weighted by Crippen LogP contribution is 2.14. The molecule has 5 heteroatoms. The first-order valence-corrected chi connectivity index (χ1v) is 3.55. The summed E-state index contributed by atoms with van der Waals surface area (Å²) in [5.74, 6) is -0.389. The van der Waals surface area contributed by atoms with Crippen LogP contribution >= 0.6 is 0 Å². The molecule has 3 N–H and O–H groups in total. The smallest absolute Gasteiger partial charge is 0.237 e. The molecule has 0 aromatic carbocycles. The molecule has 11 heavy (non-hydrogen) atoms. The Balaban J connectivity index is 2.29. The van der Waals surface area contributed by atoms with E-state index < -0.39 is 0 Å². The lowest BCUT2D eigenvalue weighted by atomic mass is 10.1. The Bertz CT molecular complexity index is 233. The van der Waals surface area contributed by atoms with Gasteiger partial charge in [0.05, 0.1) is 5.70 Å². The van der Waals surface area contributed by atoms with Gasteiger partial charge in [0, 0.05) is 12.1 Å². The summed E-state index contributed by atoms with van der Waals surface area (Å²) < 4.78 is 12.9. The van der Waals surface area contributed by atoms with Gasteiger partial charge in [-0.3, -0.25) is 5.43 Å². The zero-order valence-corrected chi connectivity index (χ0v) is 5.95. The van der Waals surface area contributed by atoms with Crippen molar-refractivity contribution in [3.8, 4) is 0 Å². The van der Waals surface area contributed by atoms with Crippen LogP contribution < -0.4 is 16.3 Å². The fraction of sp³-hybridized carbons (Fsp3) is 0.500. The first-order valence-electron chi connectivity index (χ1n) is 3.55. The highest BCUT2D eigenvalue weighted by atomic mass is 19.1. The van der Waals surface area contributed by atoms with E-state index in [1.165, 1.54) is 0 Å². The molecule has 0 unspecified atom stereocenters. The number of hydrogen-bond acceptors (Lipinski definition) is 4. The van der Waals surface area contributed by atoms with Crippen molar-refractivity contribution >= 4 is 5.97 Å². The summed E-state index contributed by atoms with van der Waals surface area (Å²) in [7, 11) is 0. The summed E-state index contributed by atoms with van der Waals surface area (Å²) in [4.78, 5) is 0. The second kappa shape index (κ2) is 2.50. The van der Waals surface area contributed by atoms with E-state index in [-0.39, 0.29) is 5.97 Å². The molecule has 0 atom stereocenters. The molecule has 2 aliphatic rings. The molecule has 0 aliphatic carbocycles. The molecule has 0 radical (unpaired) electrons. The number of nitrogens with one attached hydrogen (secondary N) is 3. The topological polar surface area (TPSA) is 48.5 Å². The highest BCUT2D eigenvalue weighted by Gasteiger charge is 2.19. The molecule has 0 saturated carbocycles. The fourth-order valence-corrected chi connectivity index (χ4v) is 1.24. The zero-order valence-electron chi connectivity index (χ0n) is 5.95. The molecule has 0 spiro atoms. The van der Waals surface area contributed by atoms with Gasteiger partial charge in [0.15, 0.2) is 0 Å². The minimum absolute atomic E-state index is 0.389. The summed E-state index contributed by atoms with van der Waals surface area (Å²) in [5, 5.41) is 6.54. The van der Waals surface area contributed by atoms with Crippen LogP contribution in [0.2, 0.25) is 0 Å². The number of nitrogens with zero attached hydrogens (tertiary/aromatic N) is 1. The van der Waals surface area contributed by atoms with Crippen molar-refractivity contribution in [1.82, 2.24) is 16.3 Å². The van der Waals surface area contributed by atoms with E-state index in [2.05, 4.69) is 21.4 Å². The Morgan fingerprint density at radius 2 is 2.36 bits per heavy atom. The van der Waals surface area contributed by atoms with Crippen molar-refractivity contribution in [1.29, 1.82) is 0 Å². The first-order chi connectivity index (χ1) is 5.38. The van der Waals surface area contributed by atoms with Crippen LogP contribution in [-0.2, 0) is 0 Å². The predicted molar refractivity (Wildman–Crippen MR) is 39.3 cm³/mol. The van der Waals surface area contributed by atoms with Crippen molar-refractivity contribution in [2.24, 2.45) is 5.10 Å². The van der Waals surface area contributed by atoms with Crippen molar-refractivity contribution in [2.45, 2.75) is 6.42 Å². The van der Waals surface area contributed by atoms with E-state index in [9.17, 15) is 4.39 Å². The van der Waals surface area contributed by atoms with Crippen molar-refractivity contribution in [3.63, 3.8) is 0 Å². The second-order valence-corrected chi connectivity index (χ2v) is 2.52. The van der Waals surface area contributed by atoms with Gasteiger partial charge in [0.25, 0.3) is 0 Å². The Labute approximate surface area is 63.5 Å². The van der Waals surface area contributed by atoms with Gasteiger partial charge in [-0.15, -0.1) is 5.10 Å². The van der Waals surface area contributed by atoms with Crippen LogP contribution in [0.3, 0.4) is 0 Å². The monoisotopic (exact) mass is 156 g/mol. The average Bonchev–Trinajstić information content (AvgIpc) is 2.06. The van der Waals surface area contributed by atoms with Gasteiger partial charge < -0.3 is 5.32 Å². The van der Waals surface area contributed by atoms with Gasteiger partial charge in [0.1, 0.15) is 0 Å². The lowest BCUT2D eigenvalue weighted by Gasteiger charge is -2.23. The Kier molecular flexibility index (Phi) is 1.50. The van der Waals surface area contributed by atoms with E-state index in [4.69, 9.17) is 0 Å². The van der Waals surface area contributed by atoms with Crippen molar-refractivity contribution in [3.05, 3.63) is 11.3 Å². The number of halogens is 1. The summed E-state index contributed by atoms with van der Waals surface area (Å²) in [6, 6.07) is 0. The van der Waals surface area contributed by atoms with Crippen LogP contribution in [0.4, 0.5) is 4.39 Å². The van der Waals surface area contributed by atoms with Gasteiger partial charge in [-0.05, 0) is 13.0 Å². The second-order valence-electron chi connectivity index (χ2n) is 2.52. The number of hydrazine groups is 1. The van der Waals surface area contributed by atoms with E-state index >= 15 is 0 Å². The van der Waals surface area contributed by atoms with Gasteiger partial charge in [0.2, 0.25) is 5.97 Å². The first kappa shape index (κ1) is 6.60. The Hall–Kier alpha value is -1.10. The summed E-state index contributed by atoms with van der Waals surface area (Å²) >= 11 is 0. The minimum Gasteiger partial charge on any atom is -0.311 e. The average molecular weight is 156 g/mol. The lowest BCUT2D eigenvalue weighted by molar-refractivity contribution is 0.534. The molecule has 0 amide bonds. The largest absolute Gasteiger partial charge is 0.311 e. The van der Waals surface area contributed by atoms with Crippen LogP contribution in [0, 0.1) is 0 Å². The third-order valence-corrected chi connectivity index (χ3v) is 1.83. The van der Waals surface area contributed by atoms with Crippen LogP contribution in [0.5, 0.6) is 0 Å². The fourth-order valence-electron chi connectivity index (χ4n) is 1.24. The summed E-state index contributed by atoms with van der Waals surface area (Å²) in [5.41, 5.74) is 6.75. The maximum atomic E-state index is 12.9. The molecule has 0 saturated heterocycles. The number of hydrogen-bond donors (Lipinski definition) is 3. The normalized spacial score (nSPS) is 23.2. The summed E-state index contributed by atoms with van der Waals surface area (Å²) in [6.45, 7) is 1.51. The summed E-state index contributed by atoms with van der Waals surface area (Å²) in [6.07, 6.45) is 0.708. The quantitative estimate of drug-likeness (QED) is 0.448. The van der Waals surface area contributed by atoms with Crippen LogP contribution in [0.25, 0.3) is 0 Å². The van der Waals surface area contributed by atoms with Gasteiger partial charge >= 0.3 is 0 Å². The van der Waals surface area contributed by atoms with E-state index in [1.807, 2.05) is 0 Å². The van der Waals surface area contributed by atoms with Crippen molar-refractivity contribution in [2.75, 3.05) is 13.1 Å². The van der Waals surface area contributed by atoms with Gasteiger partial charge in [-0.2, -0.15) is 4.39 Å². The van der Waals surface area contributed by atoms with Crippen molar-refractivity contribution < 1.29 is 4.39 Å².